The van der Waals surface area contributed by atoms with Crippen molar-refractivity contribution in [3.8, 4) is 0 Å². The molecule has 7 heteroatoms. The summed E-state index contributed by atoms with van der Waals surface area (Å²) >= 11 is 1.61. The molecule has 1 rings (SSSR count). The van der Waals surface area contributed by atoms with Gasteiger partial charge in [-0.3, -0.25) is 0 Å². The number of nitrogens with zero attached hydrogens (tertiary/aromatic N) is 2. The zero-order valence-electron chi connectivity index (χ0n) is 12.7. The van der Waals surface area contributed by atoms with Gasteiger partial charge in [-0.1, -0.05) is 6.92 Å². The molecule has 1 atom stereocenters. The number of nitrogen functional groups attached to an aromatic ring is 1. The van der Waals surface area contributed by atoms with Crippen LogP contribution in [0.5, 0.6) is 0 Å². The van der Waals surface area contributed by atoms with E-state index >= 15 is 0 Å². The Balaban J connectivity index is 2.90. The lowest BCUT2D eigenvalue weighted by Crippen LogP contribution is -2.36. The average Bonchev–Trinajstić information content (AvgIpc) is 2.39. The molecule has 1 unspecified atom stereocenters. The minimum absolute atomic E-state index is 0.432. The van der Waals surface area contributed by atoms with E-state index in [0.717, 1.165) is 30.0 Å². The topological polar surface area (TPSA) is 96.1 Å². The summed E-state index contributed by atoms with van der Waals surface area (Å²) in [5.41, 5.74) is 2.67. The van der Waals surface area contributed by atoms with Gasteiger partial charge in [-0.25, -0.2) is 15.8 Å². The van der Waals surface area contributed by atoms with Crippen molar-refractivity contribution in [2.45, 2.75) is 39.2 Å². The second-order valence-corrected chi connectivity index (χ2v) is 6.01. The number of nitrogens with one attached hydrogen (secondary N) is 2. The first kappa shape index (κ1) is 17.0. The number of rotatable bonds is 8. The van der Waals surface area contributed by atoms with Crippen LogP contribution in [0.15, 0.2) is 0 Å². The van der Waals surface area contributed by atoms with Crippen molar-refractivity contribution in [2.24, 2.45) is 5.84 Å². The molecule has 0 aliphatic rings. The fourth-order valence-corrected chi connectivity index (χ4v) is 2.57. The van der Waals surface area contributed by atoms with Crippen molar-refractivity contribution >= 4 is 23.4 Å². The molecule has 0 saturated heterocycles. The van der Waals surface area contributed by atoms with Crippen LogP contribution in [0.4, 0.5) is 11.6 Å². The van der Waals surface area contributed by atoms with E-state index in [1.54, 1.807) is 11.8 Å². The molecule has 0 aromatic carbocycles. The van der Waals surface area contributed by atoms with Gasteiger partial charge in [0.15, 0.2) is 0 Å². The molecule has 0 aliphatic heterocycles. The summed E-state index contributed by atoms with van der Waals surface area (Å²) in [4.78, 5) is 8.87. The summed E-state index contributed by atoms with van der Waals surface area (Å²) < 4.78 is 0. The Labute approximate surface area is 124 Å². The number of aryl methyl sites for hydroxylation is 1. The minimum atomic E-state index is -0.780. The molecule has 5 N–H and O–H groups in total. The van der Waals surface area contributed by atoms with Crippen molar-refractivity contribution in [2.75, 3.05) is 29.3 Å². The van der Waals surface area contributed by atoms with Crippen LogP contribution in [0.1, 0.15) is 31.7 Å². The van der Waals surface area contributed by atoms with Gasteiger partial charge in [-0.15, -0.1) is 0 Å². The second kappa shape index (κ2) is 7.66. The van der Waals surface area contributed by atoms with E-state index in [1.807, 2.05) is 20.1 Å². The van der Waals surface area contributed by atoms with E-state index in [2.05, 4.69) is 27.6 Å². The molecule has 1 aromatic rings. The van der Waals surface area contributed by atoms with Gasteiger partial charge < -0.3 is 15.8 Å². The first-order chi connectivity index (χ1) is 9.43. The summed E-state index contributed by atoms with van der Waals surface area (Å²) in [5.74, 6) is 8.24. The van der Waals surface area contributed by atoms with E-state index in [0.29, 0.717) is 18.1 Å². The summed E-state index contributed by atoms with van der Waals surface area (Å²) in [6, 6.07) is 0. The molecule has 0 amide bonds. The largest absolute Gasteiger partial charge is 0.387 e. The van der Waals surface area contributed by atoms with Crippen LogP contribution in [0, 0.1) is 6.92 Å². The van der Waals surface area contributed by atoms with Crippen LogP contribution in [-0.2, 0) is 6.42 Å². The van der Waals surface area contributed by atoms with E-state index < -0.39 is 5.60 Å². The van der Waals surface area contributed by atoms with Crippen molar-refractivity contribution in [1.29, 1.82) is 0 Å². The van der Waals surface area contributed by atoms with Gasteiger partial charge in [0.2, 0.25) is 0 Å². The Hall–Kier alpha value is -1.05. The molecule has 114 valence electrons. The molecule has 1 heterocycles. The molecule has 6 nitrogen and oxygen atoms in total. The highest BCUT2D eigenvalue weighted by Gasteiger charge is 2.20. The number of hydrazine groups is 1. The van der Waals surface area contributed by atoms with E-state index in [9.17, 15) is 5.11 Å². The van der Waals surface area contributed by atoms with Crippen LogP contribution in [0.2, 0.25) is 0 Å². The lowest BCUT2D eigenvalue weighted by atomic mass is 10.1. The molecule has 20 heavy (non-hydrogen) atoms. The zero-order valence-corrected chi connectivity index (χ0v) is 13.5. The Morgan fingerprint density at radius 1 is 1.35 bits per heavy atom. The summed E-state index contributed by atoms with van der Waals surface area (Å²) in [5, 5.41) is 13.4. The summed E-state index contributed by atoms with van der Waals surface area (Å²) in [6.07, 6.45) is 3.74. The normalized spacial score (nSPS) is 13.9. The Kier molecular flexibility index (Phi) is 6.51. The first-order valence-corrected chi connectivity index (χ1v) is 8.12. The lowest BCUT2D eigenvalue weighted by Gasteiger charge is -2.23. The molecule has 0 saturated carbocycles. The van der Waals surface area contributed by atoms with Crippen LogP contribution in [-0.4, -0.2) is 39.2 Å². The fraction of sp³-hybridized carbons (Fsp3) is 0.692. The molecular weight excluding hydrogens is 274 g/mol. The Morgan fingerprint density at radius 2 is 2.00 bits per heavy atom. The first-order valence-electron chi connectivity index (χ1n) is 6.72. The van der Waals surface area contributed by atoms with Gasteiger partial charge in [0.05, 0.1) is 5.60 Å². The summed E-state index contributed by atoms with van der Waals surface area (Å²) in [7, 11) is 0. The van der Waals surface area contributed by atoms with Crippen molar-refractivity contribution in [1.82, 2.24) is 9.97 Å². The van der Waals surface area contributed by atoms with Gasteiger partial charge in [-0.05, 0) is 26.5 Å². The predicted octanol–water partition coefficient (Wildman–Crippen LogP) is 1.55. The van der Waals surface area contributed by atoms with Crippen molar-refractivity contribution < 1.29 is 5.11 Å². The number of aromatic nitrogens is 2. The number of hydrogen-bond acceptors (Lipinski definition) is 7. The molecule has 0 radical (unpaired) electrons. The molecular formula is C13H25N5OS. The van der Waals surface area contributed by atoms with Crippen molar-refractivity contribution in [3.05, 3.63) is 11.4 Å². The van der Waals surface area contributed by atoms with Crippen molar-refractivity contribution in [3.63, 3.8) is 0 Å². The SMILES string of the molecule is CCCc1nc(NN)c(C)c(NCC(C)(O)CSC)n1. The highest BCUT2D eigenvalue weighted by atomic mass is 32.2. The molecule has 0 fully saturated rings. The molecule has 0 spiro atoms. The maximum atomic E-state index is 10.2. The molecule has 0 bridgehead atoms. The van der Waals surface area contributed by atoms with Gasteiger partial charge in [0.25, 0.3) is 0 Å². The highest BCUT2D eigenvalue weighted by molar-refractivity contribution is 7.98. The highest BCUT2D eigenvalue weighted by Crippen LogP contribution is 2.21. The van der Waals surface area contributed by atoms with Gasteiger partial charge in [-0.2, -0.15) is 11.8 Å². The number of nitrogens with two attached hydrogens (primary N) is 1. The summed E-state index contributed by atoms with van der Waals surface area (Å²) in [6.45, 7) is 6.22. The number of aliphatic hydroxyl groups is 1. The third-order valence-corrected chi connectivity index (χ3v) is 3.80. The number of anilines is 2. The Bertz CT molecular complexity index is 439. The second-order valence-electron chi connectivity index (χ2n) is 5.14. The lowest BCUT2D eigenvalue weighted by molar-refractivity contribution is 0.0996. The van der Waals surface area contributed by atoms with Crippen LogP contribution >= 0.6 is 11.8 Å². The van der Waals surface area contributed by atoms with Crippen LogP contribution < -0.4 is 16.6 Å². The fourth-order valence-electron chi connectivity index (χ4n) is 1.85. The third kappa shape index (κ3) is 4.81. The van der Waals surface area contributed by atoms with Crippen LogP contribution in [0.3, 0.4) is 0 Å². The standard InChI is InChI=1S/C13H25N5OS/c1-5-6-10-16-11(9(2)12(17-10)18-14)15-7-13(3,19)8-20-4/h19H,5-8,14H2,1-4H3,(H2,15,16,17,18). The van der Waals surface area contributed by atoms with Gasteiger partial charge in [0.1, 0.15) is 17.5 Å². The molecule has 0 aliphatic carbocycles. The number of thioether (sulfide) groups is 1. The van der Waals surface area contributed by atoms with E-state index in [-0.39, 0.29) is 0 Å². The average molecular weight is 299 g/mol. The number of hydrogen-bond donors (Lipinski definition) is 4. The monoisotopic (exact) mass is 299 g/mol. The van der Waals surface area contributed by atoms with E-state index in [4.69, 9.17) is 5.84 Å². The third-order valence-electron chi connectivity index (χ3n) is 2.89. The smallest absolute Gasteiger partial charge is 0.148 e. The maximum absolute atomic E-state index is 10.2. The zero-order chi connectivity index (χ0) is 15.2. The van der Waals surface area contributed by atoms with Gasteiger partial charge >= 0.3 is 0 Å². The Morgan fingerprint density at radius 3 is 2.55 bits per heavy atom. The van der Waals surface area contributed by atoms with Gasteiger partial charge in [0, 0.05) is 24.3 Å². The quantitative estimate of drug-likeness (QED) is 0.427. The van der Waals surface area contributed by atoms with Crippen LogP contribution in [0.25, 0.3) is 0 Å². The minimum Gasteiger partial charge on any atom is -0.387 e. The molecule has 1 aromatic heterocycles. The maximum Gasteiger partial charge on any atom is 0.148 e. The van der Waals surface area contributed by atoms with E-state index in [1.165, 1.54) is 0 Å². The predicted molar refractivity (Wildman–Crippen MR) is 86.1 cm³/mol.